The van der Waals surface area contributed by atoms with E-state index in [2.05, 4.69) is 15.3 Å². The van der Waals surface area contributed by atoms with Crippen molar-refractivity contribution in [2.45, 2.75) is 19.4 Å². The van der Waals surface area contributed by atoms with Crippen LogP contribution in [0.4, 0.5) is 11.6 Å². The molecule has 1 rings (SSSR count). The van der Waals surface area contributed by atoms with Crippen molar-refractivity contribution in [2.24, 2.45) is 5.73 Å². The maximum atomic E-state index is 11.4. The Bertz CT molecular complexity index is 352. The minimum atomic E-state index is -0.151. The molecule has 1 aromatic heterocycles. The predicted octanol–water partition coefficient (Wildman–Crippen LogP) is 0.640. The summed E-state index contributed by atoms with van der Waals surface area (Å²) in [6.45, 7) is 1.78. The highest BCUT2D eigenvalue weighted by atomic mass is 35.5. The molecule has 7 heteroatoms. The fourth-order valence-corrected chi connectivity index (χ4v) is 1.12. The van der Waals surface area contributed by atoms with Gasteiger partial charge in [-0.1, -0.05) is 0 Å². The van der Waals surface area contributed by atoms with Crippen LogP contribution in [-0.2, 0) is 4.79 Å². The van der Waals surface area contributed by atoms with E-state index in [-0.39, 0.29) is 30.8 Å². The van der Waals surface area contributed by atoms with Crippen molar-refractivity contribution in [1.82, 2.24) is 9.97 Å². The molecule has 17 heavy (non-hydrogen) atoms. The number of nitrogens with one attached hydrogen (secondary N) is 1. The van der Waals surface area contributed by atoms with Crippen LogP contribution >= 0.6 is 12.4 Å². The summed E-state index contributed by atoms with van der Waals surface area (Å²) in [5.74, 6) is 0.474. The van der Waals surface area contributed by atoms with Gasteiger partial charge >= 0.3 is 0 Å². The quantitative estimate of drug-likeness (QED) is 0.829. The number of aromatic nitrogens is 2. The SMILES string of the molecule is CC(N)CC(=O)Nc1cnc(N(C)C)nc1.Cl. The zero-order valence-corrected chi connectivity index (χ0v) is 11.0. The highest BCUT2D eigenvalue weighted by Crippen LogP contribution is 2.07. The van der Waals surface area contributed by atoms with Gasteiger partial charge in [-0.05, 0) is 6.92 Å². The Morgan fingerprint density at radius 1 is 1.47 bits per heavy atom. The Labute approximate surface area is 107 Å². The molecule has 3 N–H and O–H groups in total. The topological polar surface area (TPSA) is 84.1 Å². The Balaban J connectivity index is 0.00000256. The van der Waals surface area contributed by atoms with Gasteiger partial charge in [0.1, 0.15) is 0 Å². The van der Waals surface area contributed by atoms with Gasteiger partial charge in [0, 0.05) is 26.6 Å². The van der Waals surface area contributed by atoms with Gasteiger partial charge in [0.05, 0.1) is 18.1 Å². The van der Waals surface area contributed by atoms with E-state index in [1.807, 2.05) is 14.1 Å². The standard InChI is InChI=1S/C10H17N5O.ClH/c1-7(11)4-9(16)14-8-5-12-10(13-6-8)15(2)3;/h5-7H,4,11H2,1-3H3,(H,14,16);1H. The van der Waals surface area contributed by atoms with Gasteiger partial charge in [0.25, 0.3) is 0 Å². The van der Waals surface area contributed by atoms with Gasteiger partial charge < -0.3 is 16.0 Å². The number of hydrogen-bond acceptors (Lipinski definition) is 5. The van der Waals surface area contributed by atoms with Gasteiger partial charge in [-0.25, -0.2) is 9.97 Å². The molecule has 1 atom stereocenters. The molecule has 0 aromatic carbocycles. The third-order valence-electron chi connectivity index (χ3n) is 1.83. The monoisotopic (exact) mass is 259 g/mol. The third-order valence-corrected chi connectivity index (χ3v) is 1.83. The molecule has 0 radical (unpaired) electrons. The minimum absolute atomic E-state index is 0. The molecule has 1 heterocycles. The molecule has 1 aromatic rings. The molecule has 96 valence electrons. The first kappa shape index (κ1) is 15.6. The molecule has 0 saturated carbocycles. The Hall–Kier alpha value is -1.40. The molecule has 1 amide bonds. The average molecular weight is 260 g/mol. The number of nitrogens with two attached hydrogens (primary N) is 1. The lowest BCUT2D eigenvalue weighted by molar-refractivity contribution is -0.116. The zero-order valence-electron chi connectivity index (χ0n) is 10.2. The summed E-state index contributed by atoms with van der Waals surface area (Å²) in [4.78, 5) is 21.3. The summed E-state index contributed by atoms with van der Waals surface area (Å²) in [6.07, 6.45) is 3.43. The van der Waals surface area contributed by atoms with Crippen LogP contribution < -0.4 is 16.0 Å². The van der Waals surface area contributed by atoms with Gasteiger partial charge in [-0.2, -0.15) is 0 Å². The van der Waals surface area contributed by atoms with Crippen LogP contribution in [0.3, 0.4) is 0 Å². The van der Waals surface area contributed by atoms with Crippen LogP contribution in [0, 0.1) is 0 Å². The van der Waals surface area contributed by atoms with E-state index in [1.165, 1.54) is 0 Å². The summed E-state index contributed by atoms with van der Waals surface area (Å²) in [7, 11) is 3.70. The first-order valence-corrected chi connectivity index (χ1v) is 5.04. The number of halogens is 1. The Morgan fingerprint density at radius 3 is 2.41 bits per heavy atom. The number of carbonyl (C=O) groups excluding carboxylic acids is 1. The molecule has 0 saturated heterocycles. The number of anilines is 2. The second-order valence-corrected chi connectivity index (χ2v) is 3.90. The van der Waals surface area contributed by atoms with Crippen LogP contribution in [0.15, 0.2) is 12.4 Å². The number of amides is 1. The molecule has 6 nitrogen and oxygen atoms in total. The fourth-order valence-electron chi connectivity index (χ4n) is 1.12. The molecule has 0 bridgehead atoms. The van der Waals surface area contributed by atoms with E-state index in [9.17, 15) is 4.79 Å². The highest BCUT2D eigenvalue weighted by Gasteiger charge is 2.06. The van der Waals surface area contributed by atoms with Crippen LogP contribution in [0.25, 0.3) is 0 Å². The molecular formula is C10H18ClN5O. The summed E-state index contributed by atoms with van der Waals surface area (Å²) < 4.78 is 0. The van der Waals surface area contributed by atoms with Crippen molar-refractivity contribution in [3.63, 3.8) is 0 Å². The van der Waals surface area contributed by atoms with E-state index < -0.39 is 0 Å². The molecule has 0 aliphatic carbocycles. The maximum Gasteiger partial charge on any atom is 0.226 e. The van der Waals surface area contributed by atoms with Crippen molar-refractivity contribution in [3.05, 3.63) is 12.4 Å². The summed E-state index contributed by atoms with van der Waals surface area (Å²) in [6, 6.07) is -0.151. The van der Waals surface area contributed by atoms with Crippen molar-refractivity contribution < 1.29 is 4.79 Å². The van der Waals surface area contributed by atoms with Crippen LogP contribution in [0.5, 0.6) is 0 Å². The Kier molecular flexibility index (Phi) is 6.45. The molecule has 0 aliphatic heterocycles. The van der Waals surface area contributed by atoms with E-state index in [4.69, 9.17) is 5.73 Å². The lowest BCUT2D eigenvalue weighted by Gasteiger charge is -2.10. The van der Waals surface area contributed by atoms with Gasteiger partial charge in [0.15, 0.2) is 0 Å². The largest absolute Gasteiger partial charge is 0.347 e. The molecule has 0 aliphatic rings. The van der Waals surface area contributed by atoms with Gasteiger partial charge in [-0.15, -0.1) is 12.4 Å². The number of rotatable bonds is 4. The van der Waals surface area contributed by atoms with Crippen LogP contribution in [0.2, 0.25) is 0 Å². The lowest BCUT2D eigenvalue weighted by atomic mass is 10.2. The first-order valence-electron chi connectivity index (χ1n) is 5.04. The molecule has 1 unspecified atom stereocenters. The minimum Gasteiger partial charge on any atom is -0.347 e. The summed E-state index contributed by atoms with van der Waals surface area (Å²) in [5.41, 5.74) is 6.09. The number of hydrogen-bond donors (Lipinski definition) is 2. The normalized spacial score (nSPS) is 11.3. The third kappa shape index (κ3) is 5.46. The zero-order chi connectivity index (χ0) is 12.1. The molecule has 0 fully saturated rings. The van der Waals surface area contributed by atoms with Gasteiger partial charge in [-0.3, -0.25) is 4.79 Å². The first-order chi connectivity index (χ1) is 7.49. The summed E-state index contributed by atoms with van der Waals surface area (Å²) in [5, 5.41) is 2.68. The van der Waals surface area contributed by atoms with E-state index in [0.717, 1.165) is 0 Å². The lowest BCUT2D eigenvalue weighted by Crippen LogP contribution is -2.24. The van der Waals surface area contributed by atoms with Crippen molar-refractivity contribution in [2.75, 3.05) is 24.3 Å². The second kappa shape index (κ2) is 7.03. The van der Waals surface area contributed by atoms with Crippen molar-refractivity contribution in [1.29, 1.82) is 0 Å². The van der Waals surface area contributed by atoms with E-state index >= 15 is 0 Å². The number of nitrogens with zero attached hydrogens (tertiary/aromatic N) is 3. The highest BCUT2D eigenvalue weighted by molar-refractivity contribution is 5.90. The Morgan fingerprint density at radius 2 is 2.00 bits per heavy atom. The van der Waals surface area contributed by atoms with E-state index in [1.54, 1.807) is 24.2 Å². The number of carbonyl (C=O) groups is 1. The average Bonchev–Trinajstić information content (AvgIpc) is 2.16. The second-order valence-electron chi connectivity index (χ2n) is 3.90. The molecular weight excluding hydrogens is 242 g/mol. The smallest absolute Gasteiger partial charge is 0.226 e. The van der Waals surface area contributed by atoms with Crippen LogP contribution in [0.1, 0.15) is 13.3 Å². The molecule has 0 spiro atoms. The van der Waals surface area contributed by atoms with Crippen LogP contribution in [-0.4, -0.2) is 36.0 Å². The van der Waals surface area contributed by atoms with Crippen molar-refractivity contribution >= 4 is 29.9 Å². The van der Waals surface area contributed by atoms with E-state index in [0.29, 0.717) is 11.6 Å². The predicted molar refractivity (Wildman–Crippen MR) is 70.5 cm³/mol. The van der Waals surface area contributed by atoms with Crippen molar-refractivity contribution in [3.8, 4) is 0 Å². The fraction of sp³-hybridized carbons (Fsp3) is 0.500. The van der Waals surface area contributed by atoms with Gasteiger partial charge in [0.2, 0.25) is 11.9 Å². The summed E-state index contributed by atoms with van der Waals surface area (Å²) >= 11 is 0. The maximum absolute atomic E-state index is 11.4.